The maximum absolute atomic E-state index is 14.1. The van der Waals surface area contributed by atoms with E-state index in [2.05, 4.69) is 5.32 Å². The summed E-state index contributed by atoms with van der Waals surface area (Å²) in [6, 6.07) is 15.6. The summed E-state index contributed by atoms with van der Waals surface area (Å²) in [7, 11) is 1.79. The Bertz CT molecular complexity index is 1000. The van der Waals surface area contributed by atoms with Crippen molar-refractivity contribution in [2.45, 2.75) is 25.2 Å². The number of hydrogen-bond donors (Lipinski definition) is 1. The van der Waals surface area contributed by atoms with E-state index in [0.29, 0.717) is 6.42 Å². The second kappa shape index (κ2) is 8.65. The molecular weight excluding hydrogens is 379 g/mol. The Morgan fingerprint density at radius 2 is 1.86 bits per heavy atom. The molecule has 1 atom stereocenters. The predicted octanol–water partition coefficient (Wildman–Crippen LogP) is 7.77. The predicted molar refractivity (Wildman–Crippen MR) is 114 cm³/mol. The van der Waals surface area contributed by atoms with Crippen LogP contribution in [0.25, 0.3) is 16.8 Å². The van der Waals surface area contributed by atoms with Crippen LogP contribution in [0, 0.1) is 0 Å². The van der Waals surface area contributed by atoms with Crippen LogP contribution in [-0.4, -0.2) is 7.05 Å². The van der Waals surface area contributed by atoms with Gasteiger partial charge in [0.2, 0.25) is 0 Å². The van der Waals surface area contributed by atoms with Crippen molar-refractivity contribution >= 4 is 33.9 Å². The smallest absolute Gasteiger partial charge is 0.301 e. The molecule has 1 heterocycles. The monoisotopic (exact) mass is 401 g/mol. The molecule has 0 radical (unpaired) electrons. The number of benzene rings is 2. The van der Waals surface area contributed by atoms with Crippen molar-refractivity contribution in [3.8, 4) is 0 Å². The molecule has 0 aliphatic carbocycles. The van der Waals surface area contributed by atoms with Gasteiger partial charge in [0, 0.05) is 29.4 Å². The minimum atomic E-state index is -2.25. The summed E-state index contributed by atoms with van der Waals surface area (Å²) in [5.41, 5.74) is 0.818. The fraction of sp³-hybridized carbons (Fsp3) is 0.217. The van der Waals surface area contributed by atoms with Gasteiger partial charge in [0.25, 0.3) is 0 Å². The molecule has 146 valence electrons. The molecule has 0 spiro atoms. The molecule has 28 heavy (non-hydrogen) atoms. The Labute approximate surface area is 167 Å². The topological polar surface area (TPSA) is 12.0 Å². The summed E-state index contributed by atoms with van der Waals surface area (Å²) in [5, 5.41) is 7.06. The maximum Gasteiger partial charge on any atom is 0.301 e. The van der Waals surface area contributed by atoms with Crippen molar-refractivity contribution < 1.29 is 13.2 Å². The van der Waals surface area contributed by atoms with Gasteiger partial charge < -0.3 is 5.32 Å². The van der Waals surface area contributed by atoms with E-state index in [9.17, 15) is 13.2 Å². The number of fused-ring (bicyclic) bond motifs is 1. The highest BCUT2D eigenvalue weighted by molar-refractivity contribution is 7.10. The molecule has 5 heteroatoms. The summed E-state index contributed by atoms with van der Waals surface area (Å²) in [5.74, 6) is -1.36. The van der Waals surface area contributed by atoms with Crippen molar-refractivity contribution in [1.82, 2.24) is 0 Å². The van der Waals surface area contributed by atoms with E-state index in [1.165, 1.54) is 0 Å². The number of halogens is 3. The lowest BCUT2D eigenvalue weighted by molar-refractivity contribution is 0.341. The van der Waals surface area contributed by atoms with E-state index in [4.69, 9.17) is 0 Å². The van der Waals surface area contributed by atoms with Crippen LogP contribution >= 0.6 is 11.3 Å². The molecule has 3 aromatic rings. The van der Waals surface area contributed by atoms with Crippen LogP contribution in [0.3, 0.4) is 0 Å². The van der Waals surface area contributed by atoms with Crippen LogP contribution in [0.2, 0.25) is 0 Å². The first kappa shape index (κ1) is 20.2. The van der Waals surface area contributed by atoms with Crippen molar-refractivity contribution in [2.75, 3.05) is 12.4 Å². The summed E-state index contributed by atoms with van der Waals surface area (Å²) in [6.07, 6.45) is 1.71. The van der Waals surface area contributed by atoms with Crippen molar-refractivity contribution in [3.63, 3.8) is 0 Å². The van der Waals surface area contributed by atoms with Gasteiger partial charge in [0.15, 0.2) is 5.83 Å². The number of hydrogen-bond acceptors (Lipinski definition) is 2. The number of allylic oxidation sites excluding steroid dienone is 2. The average Bonchev–Trinajstić information content (AvgIpc) is 3.20. The molecule has 1 unspecified atom stereocenters. The Morgan fingerprint density at radius 3 is 2.54 bits per heavy atom. The van der Waals surface area contributed by atoms with E-state index >= 15 is 0 Å². The zero-order chi connectivity index (χ0) is 20.1. The lowest BCUT2D eigenvalue weighted by atomic mass is 9.73. The fourth-order valence-electron chi connectivity index (χ4n) is 3.62. The van der Waals surface area contributed by atoms with E-state index in [1.54, 1.807) is 18.4 Å². The molecule has 0 amide bonds. The Morgan fingerprint density at radius 1 is 1.07 bits per heavy atom. The highest BCUT2D eigenvalue weighted by atomic mass is 32.1. The van der Waals surface area contributed by atoms with Gasteiger partial charge in [-0.1, -0.05) is 49.4 Å². The summed E-state index contributed by atoms with van der Waals surface area (Å²) < 4.78 is 40.1. The first-order valence-electron chi connectivity index (χ1n) is 9.04. The van der Waals surface area contributed by atoms with Gasteiger partial charge in [-0.05, 0) is 46.3 Å². The third kappa shape index (κ3) is 4.30. The molecular formula is C23H22F3NS. The first-order chi connectivity index (χ1) is 13.4. The van der Waals surface area contributed by atoms with Crippen molar-refractivity contribution in [1.29, 1.82) is 0 Å². The van der Waals surface area contributed by atoms with Crippen LogP contribution in [-0.2, 0) is 5.41 Å². The number of rotatable bonds is 7. The molecule has 0 fully saturated rings. The minimum absolute atomic E-state index is 0.368. The van der Waals surface area contributed by atoms with E-state index in [-0.39, 0.29) is 6.42 Å². The Kier molecular flexibility index (Phi) is 6.25. The highest BCUT2D eigenvalue weighted by Gasteiger charge is 2.32. The third-order valence-corrected chi connectivity index (χ3v) is 5.78. The minimum Gasteiger partial charge on any atom is -0.388 e. The van der Waals surface area contributed by atoms with Gasteiger partial charge in [-0.2, -0.15) is 8.78 Å². The van der Waals surface area contributed by atoms with Crippen LogP contribution in [0.1, 0.15) is 30.2 Å². The van der Waals surface area contributed by atoms with Crippen molar-refractivity contribution in [2.24, 2.45) is 0 Å². The second-order valence-electron chi connectivity index (χ2n) is 6.98. The van der Waals surface area contributed by atoms with Crippen LogP contribution in [0.15, 0.2) is 71.9 Å². The van der Waals surface area contributed by atoms with E-state index in [0.717, 1.165) is 26.9 Å². The van der Waals surface area contributed by atoms with Gasteiger partial charge in [-0.15, -0.1) is 11.3 Å². The Hall–Kier alpha value is -2.53. The van der Waals surface area contributed by atoms with Gasteiger partial charge in [0.1, 0.15) is 0 Å². The van der Waals surface area contributed by atoms with Crippen molar-refractivity contribution in [3.05, 3.63) is 82.3 Å². The summed E-state index contributed by atoms with van der Waals surface area (Å²) in [4.78, 5) is 1.07. The zero-order valence-corrected chi connectivity index (χ0v) is 16.6. The van der Waals surface area contributed by atoms with E-state index in [1.807, 2.05) is 73.0 Å². The molecule has 0 saturated heterocycles. The number of nitrogens with one attached hydrogen (secondary N) is 1. The van der Waals surface area contributed by atoms with Gasteiger partial charge in [0.05, 0.1) is 0 Å². The number of thiophene rings is 1. The molecule has 0 bridgehead atoms. The third-order valence-electron chi connectivity index (χ3n) is 4.95. The van der Waals surface area contributed by atoms with Gasteiger partial charge in [-0.25, -0.2) is 4.39 Å². The first-order valence-corrected chi connectivity index (χ1v) is 9.92. The van der Waals surface area contributed by atoms with Gasteiger partial charge >= 0.3 is 6.08 Å². The lowest BCUT2D eigenvalue weighted by Crippen LogP contribution is -2.24. The summed E-state index contributed by atoms with van der Waals surface area (Å²) in [6.45, 7) is 1.84. The molecule has 0 saturated carbocycles. The standard InChI is InChI=1S/C23H22F3NS/c1-23(15-19(24)22(25)26,13-5-8-17-9-6-14-28-17)21-18-10-4-3-7-16(18)11-12-20(21)27-2/h3-12,14,27H,13,15H2,1-2H3/b8-5+. The van der Waals surface area contributed by atoms with Crippen LogP contribution < -0.4 is 5.32 Å². The SMILES string of the molecule is CNc1ccc2ccccc2c1C(C)(C/C=C/c1cccs1)CC(F)=C(F)F. The molecule has 0 aliphatic heterocycles. The van der Waals surface area contributed by atoms with Gasteiger partial charge in [-0.3, -0.25) is 0 Å². The molecule has 1 nitrogen and oxygen atoms in total. The number of anilines is 1. The molecule has 3 rings (SSSR count). The quantitative estimate of drug-likeness (QED) is 0.426. The fourth-order valence-corrected chi connectivity index (χ4v) is 4.27. The lowest BCUT2D eigenvalue weighted by Gasteiger charge is -2.32. The van der Waals surface area contributed by atoms with Crippen LogP contribution in [0.4, 0.5) is 18.9 Å². The normalized spacial score (nSPS) is 13.6. The summed E-state index contributed by atoms with van der Waals surface area (Å²) >= 11 is 1.60. The molecule has 1 N–H and O–H groups in total. The molecule has 0 aliphatic rings. The zero-order valence-electron chi connectivity index (χ0n) is 15.8. The largest absolute Gasteiger partial charge is 0.388 e. The molecule has 2 aromatic carbocycles. The second-order valence-corrected chi connectivity index (χ2v) is 7.96. The Balaban J connectivity index is 2.13. The molecule has 1 aromatic heterocycles. The van der Waals surface area contributed by atoms with Crippen LogP contribution in [0.5, 0.6) is 0 Å². The average molecular weight is 401 g/mol. The maximum atomic E-state index is 14.1. The highest BCUT2D eigenvalue weighted by Crippen LogP contribution is 2.44. The van der Waals surface area contributed by atoms with E-state index < -0.39 is 17.3 Å².